The summed E-state index contributed by atoms with van der Waals surface area (Å²) in [5.41, 5.74) is 2.92. The fourth-order valence-electron chi connectivity index (χ4n) is 3.36. The monoisotopic (exact) mass is 407 g/mol. The lowest BCUT2D eigenvalue weighted by Gasteiger charge is -2.34. The molecule has 4 rings (SSSR count). The summed E-state index contributed by atoms with van der Waals surface area (Å²) in [6.45, 7) is 5.28. The molecule has 0 amide bonds. The number of carbonyl (C=O) groups is 1. The third-order valence-electron chi connectivity index (χ3n) is 5.05. The van der Waals surface area contributed by atoms with Crippen LogP contribution in [0.15, 0.2) is 53.1 Å². The molecule has 3 aromatic rings. The molecule has 0 spiro atoms. The van der Waals surface area contributed by atoms with Crippen LogP contribution < -0.4 is 10.1 Å². The van der Waals surface area contributed by atoms with E-state index in [9.17, 15) is 4.79 Å². The summed E-state index contributed by atoms with van der Waals surface area (Å²) in [5, 5.41) is 7.58. The molecule has 1 aliphatic carbocycles. The third kappa shape index (κ3) is 4.86. The van der Waals surface area contributed by atoms with Crippen molar-refractivity contribution in [2.24, 2.45) is 0 Å². The maximum Gasteiger partial charge on any atom is 0.293 e. The summed E-state index contributed by atoms with van der Waals surface area (Å²) in [4.78, 5) is 14.8. The van der Waals surface area contributed by atoms with Gasteiger partial charge in [-0.15, -0.1) is 0 Å². The second-order valence-corrected chi connectivity index (χ2v) is 7.71. The van der Waals surface area contributed by atoms with Crippen LogP contribution in [0, 0.1) is 0 Å². The Morgan fingerprint density at radius 2 is 1.80 bits per heavy atom. The van der Waals surface area contributed by atoms with Gasteiger partial charge in [0.2, 0.25) is 5.82 Å². The van der Waals surface area contributed by atoms with Crippen molar-refractivity contribution in [1.29, 1.82) is 0 Å². The van der Waals surface area contributed by atoms with Crippen LogP contribution in [0.4, 0.5) is 0 Å². The van der Waals surface area contributed by atoms with Gasteiger partial charge in [0.05, 0.1) is 6.10 Å². The van der Waals surface area contributed by atoms with Gasteiger partial charge in [0.15, 0.2) is 0 Å². The van der Waals surface area contributed by atoms with Crippen LogP contribution >= 0.6 is 0 Å². The molecule has 1 aromatic heterocycles. The van der Waals surface area contributed by atoms with E-state index < -0.39 is 0 Å². The van der Waals surface area contributed by atoms with E-state index in [1.54, 1.807) is 0 Å². The van der Waals surface area contributed by atoms with E-state index in [2.05, 4.69) is 27.6 Å². The SMILES string of the molecule is CC(C)Oc1ccc(-c2nc(-c3ccc(CNC4CC(OC=O)C4)cc3)no2)cc1. The first-order valence-electron chi connectivity index (χ1n) is 10.1. The Morgan fingerprint density at radius 1 is 1.10 bits per heavy atom. The van der Waals surface area contributed by atoms with Crippen LogP contribution in [-0.2, 0) is 16.1 Å². The summed E-state index contributed by atoms with van der Waals surface area (Å²) < 4.78 is 16.0. The van der Waals surface area contributed by atoms with E-state index in [4.69, 9.17) is 14.0 Å². The van der Waals surface area contributed by atoms with Crippen LogP contribution in [0.5, 0.6) is 5.75 Å². The molecule has 0 radical (unpaired) electrons. The molecule has 0 saturated heterocycles. The Kier molecular flexibility index (Phi) is 6.09. The lowest BCUT2D eigenvalue weighted by molar-refractivity contribution is -0.138. The summed E-state index contributed by atoms with van der Waals surface area (Å²) >= 11 is 0. The quantitative estimate of drug-likeness (QED) is 0.537. The van der Waals surface area contributed by atoms with Crippen molar-refractivity contribution in [2.75, 3.05) is 0 Å². The maximum atomic E-state index is 10.3. The number of hydrogen-bond donors (Lipinski definition) is 1. The largest absolute Gasteiger partial charge is 0.491 e. The zero-order valence-electron chi connectivity index (χ0n) is 17.1. The van der Waals surface area contributed by atoms with E-state index in [1.807, 2.05) is 50.2 Å². The Morgan fingerprint density at radius 3 is 2.47 bits per heavy atom. The van der Waals surface area contributed by atoms with Crippen LogP contribution in [-0.4, -0.2) is 34.9 Å². The van der Waals surface area contributed by atoms with Gasteiger partial charge in [0, 0.05) is 23.7 Å². The average molecular weight is 407 g/mol. The minimum Gasteiger partial charge on any atom is -0.491 e. The van der Waals surface area contributed by atoms with Crippen molar-refractivity contribution in [2.45, 2.75) is 51.5 Å². The molecule has 1 aliphatic rings. The van der Waals surface area contributed by atoms with E-state index >= 15 is 0 Å². The second-order valence-electron chi connectivity index (χ2n) is 7.71. The summed E-state index contributed by atoms with van der Waals surface area (Å²) in [6.07, 6.45) is 1.93. The van der Waals surface area contributed by atoms with E-state index in [1.165, 1.54) is 5.56 Å². The Hall–Kier alpha value is -3.19. The van der Waals surface area contributed by atoms with Gasteiger partial charge >= 0.3 is 0 Å². The van der Waals surface area contributed by atoms with Crippen molar-refractivity contribution in [1.82, 2.24) is 15.5 Å². The smallest absolute Gasteiger partial charge is 0.293 e. The van der Waals surface area contributed by atoms with Gasteiger partial charge in [-0.05, 0) is 56.5 Å². The van der Waals surface area contributed by atoms with Gasteiger partial charge in [-0.3, -0.25) is 4.79 Å². The normalized spacial score (nSPS) is 18.1. The number of hydrogen-bond acceptors (Lipinski definition) is 7. The molecular weight excluding hydrogens is 382 g/mol. The first-order valence-corrected chi connectivity index (χ1v) is 10.1. The molecule has 0 bridgehead atoms. The Balaban J connectivity index is 1.34. The number of carbonyl (C=O) groups excluding carboxylic acids is 1. The fourth-order valence-corrected chi connectivity index (χ4v) is 3.36. The van der Waals surface area contributed by atoms with Gasteiger partial charge in [0.25, 0.3) is 12.4 Å². The van der Waals surface area contributed by atoms with Gasteiger partial charge in [0.1, 0.15) is 11.9 Å². The molecule has 0 atom stereocenters. The number of ether oxygens (including phenoxy) is 2. The standard InChI is InChI=1S/C23H25N3O4/c1-15(2)29-20-9-7-18(8-10-20)23-25-22(26-30-23)17-5-3-16(4-6-17)13-24-19-11-21(12-19)28-14-27/h3-10,14-15,19,21,24H,11-13H2,1-2H3. The molecule has 7 nitrogen and oxygen atoms in total. The molecule has 1 N–H and O–H groups in total. The highest BCUT2D eigenvalue weighted by atomic mass is 16.5. The third-order valence-corrected chi connectivity index (χ3v) is 5.05. The molecule has 0 unspecified atom stereocenters. The van der Waals surface area contributed by atoms with Crippen LogP contribution in [0.25, 0.3) is 22.8 Å². The molecule has 7 heteroatoms. The molecular formula is C23H25N3O4. The predicted octanol–water partition coefficient (Wildman–Crippen LogP) is 3.98. The molecule has 1 heterocycles. The van der Waals surface area contributed by atoms with Crippen molar-refractivity contribution >= 4 is 6.47 Å². The minimum atomic E-state index is 0.0637. The lowest BCUT2D eigenvalue weighted by atomic mass is 9.89. The Bertz CT molecular complexity index is 961. The number of aromatic nitrogens is 2. The minimum absolute atomic E-state index is 0.0637. The number of benzene rings is 2. The topological polar surface area (TPSA) is 86.5 Å². The molecule has 0 aliphatic heterocycles. The molecule has 1 fully saturated rings. The average Bonchev–Trinajstić information content (AvgIpc) is 3.20. The molecule has 1 saturated carbocycles. The van der Waals surface area contributed by atoms with Crippen molar-refractivity contribution < 1.29 is 18.8 Å². The van der Waals surface area contributed by atoms with Crippen LogP contribution in [0.1, 0.15) is 32.3 Å². The number of nitrogens with one attached hydrogen (secondary N) is 1. The summed E-state index contributed by atoms with van der Waals surface area (Å²) in [5.74, 6) is 1.84. The van der Waals surface area contributed by atoms with Gasteiger partial charge in [-0.25, -0.2) is 0 Å². The Labute approximate surface area is 175 Å². The predicted molar refractivity (Wildman–Crippen MR) is 112 cm³/mol. The van der Waals surface area contributed by atoms with Crippen LogP contribution in [0.2, 0.25) is 0 Å². The van der Waals surface area contributed by atoms with Crippen LogP contribution in [0.3, 0.4) is 0 Å². The van der Waals surface area contributed by atoms with Crippen molar-refractivity contribution in [3.05, 3.63) is 54.1 Å². The summed E-state index contributed by atoms with van der Waals surface area (Å²) in [6, 6.07) is 16.1. The highest BCUT2D eigenvalue weighted by molar-refractivity contribution is 5.60. The number of nitrogens with zero attached hydrogens (tertiary/aromatic N) is 2. The lowest BCUT2D eigenvalue weighted by Crippen LogP contribution is -2.44. The number of rotatable bonds is 9. The molecule has 30 heavy (non-hydrogen) atoms. The van der Waals surface area contributed by atoms with E-state index in [-0.39, 0.29) is 12.2 Å². The molecule has 156 valence electrons. The maximum absolute atomic E-state index is 10.3. The zero-order valence-corrected chi connectivity index (χ0v) is 17.1. The van der Waals surface area contributed by atoms with Gasteiger partial charge in [-0.2, -0.15) is 4.98 Å². The highest BCUT2D eigenvalue weighted by Crippen LogP contribution is 2.25. The van der Waals surface area contributed by atoms with Crippen molar-refractivity contribution in [3.63, 3.8) is 0 Å². The zero-order chi connectivity index (χ0) is 20.9. The molecule has 2 aromatic carbocycles. The van der Waals surface area contributed by atoms with E-state index in [0.717, 1.165) is 36.3 Å². The first-order chi connectivity index (χ1) is 14.6. The van der Waals surface area contributed by atoms with Gasteiger partial charge in [-0.1, -0.05) is 29.4 Å². The van der Waals surface area contributed by atoms with E-state index in [0.29, 0.717) is 24.2 Å². The fraction of sp³-hybridized carbons (Fsp3) is 0.348. The second kappa shape index (κ2) is 9.09. The summed E-state index contributed by atoms with van der Waals surface area (Å²) in [7, 11) is 0. The van der Waals surface area contributed by atoms with Gasteiger partial charge < -0.3 is 19.3 Å². The highest BCUT2D eigenvalue weighted by Gasteiger charge is 2.29. The first kappa shape index (κ1) is 20.1. The van der Waals surface area contributed by atoms with Crippen molar-refractivity contribution in [3.8, 4) is 28.6 Å².